The van der Waals surface area contributed by atoms with Gasteiger partial charge in [0.2, 0.25) is 5.88 Å². The third kappa shape index (κ3) is 2.97. The third-order valence-electron chi connectivity index (χ3n) is 2.47. The summed E-state index contributed by atoms with van der Waals surface area (Å²) in [6, 6.07) is 7.54. The third-order valence-corrected chi connectivity index (χ3v) is 3.70. The number of aryl methyl sites for hydroxylation is 1. The van der Waals surface area contributed by atoms with Gasteiger partial charge in [-0.1, -0.05) is 17.7 Å². The van der Waals surface area contributed by atoms with Crippen molar-refractivity contribution in [3.63, 3.8) is 0 Å². The fourth-order valence-electron chi connectivity index (χ4n) is 1.40. The maximum Gasteiger partial charge on any atom is 0.340 e. The van der Waals surface area contributed by atoms with Crippen LogP contribution in [0.1, 0.15) is 5.56 Å². The molecule has 0 fully saturated rings. The zero-order valence-electron chi connectivity index (χ0n) is 10.9. The first-order valence-electron chi connectivity index (χ1n) is 5.61. The fraction of sp³-hybridized carbons (Fsp3) is 0.167. The Kier molecular flexibility index (Phi) is 3.75. The number of aromatic nitrogens is 2. The lowest BCUT2D eigenvalue weighted by atomic mass is 10.2. The molecule has 1 aromatic carbocycles. The van der Waals surface area contributed by atoms with Crippen molar-refractivity contribution in [1.29, 1.82) is 0 Å². The molecule has 8 heteroatoms. The molecular formula is C12H13N3O4S. The zero-order chi connectivity index (χ0) is 14.8. The Bertz CT molecular complexity index is 714. The second kappa shape index (κ2) is 5.33. The van der Waals surface area contributed by atoms with Gasteiger partial charge in [-0.25, -0.2) is 0 Å². The molecule has 0 unspecified atom stereocenters. The first-order valence-corrected chi connectivity index (χ1v) is 7.01. The Morgan fingerprint density at radius 3 is 2.35 bits per heavy atom. The van der Waals surface area contributed by atoms with E-state index in [0.29, 0.717) is 0 Å². The molecule has 0 saturated carbocycles. The predicted molar refractivity (Wildman–Crippen MR) is 72.0 cm³/mol. The molecule has 2 N–H and O–H groups in total. The van der Waals surface area contributed by atoms with Crippen LogP contribution >= 0.6 is 0 Å². The molecule has 0 aliphatic heterocycles. The summed E-state index contributed by atoms with van der Waals surface area (Å²) in [5, 5.41) is 7.18. The van der Waals surface area contributed by atoms with E-state index in [9.17, 15) is 8.42 Å². The normalized spacial score (nSPS) is 11.1. The monoisotopic (exact) mass is 295 g/mol. The highest BCUT2D eigenvalue weighted by Crippen LogP contribution is 2.24. The van der Waals surface area contributed by atoms with Crippen molar-refractivity contribution >= 4 is 15.8 Å². The van der Waals surface area contributed by atoms with Crippen molar-refractivity contribution in [3.8, 4) is 11.8 Å². The van der Waals surface area contributed by atoms with E-state index in [-0.39, 0.29) is 22.3 Å². The molecule has 1 heterocycles. The fourth-order valence-corrected chi connectivity index (χ4v) is 2.30. The van der Waals surface area contributed by atoms with Crippen molar-refractivity contribution in [2.45, 2.75) is 11.8 Å². The molecule has 7 nitrogen and oxygen atoms in total. The van der Waals surface area contributed by atoms with E-state index in [1.54, 1.807) is 12.1 Å². The number of nitrogen functional groups attached to an aromatic ring is 1. The average molecular weight is 295 g/mol. The molecule has 0 atom stereocenters. The largest absolute Gasteiger partial charge is 0.480 e. The minimum absolute atomic E-state index is 0.0140. The van der Waals surface area contributed by atoms with Gasteiger partial charge in [0.1, 0.15) is 10.6 Å². The highest BCUT2D eigenvalue weighted by molar-refractivity contribution is 7.87. The van der Waals surface area contributed by atoms with Gasteiger partial charge in [0.05, 0.1) is 7.11 Å². The summed E-state index contributed by atoms with van der Waals surface area (Å²) in [6.07, 6.45) is 0. The van der Waals surface area contributed by atoms with Crippen LogP contribution in [0.2, 0.25) is 0 Å². The van der Waals surface area contributed by atoms with E-state index < -0.39 is 10.1 Å². The van der Waals surface area contributed by atoms with Crippen molar-refractivity contribution in [2.24, 2.45) is 0 Å². The SMILES string of the molecule is COc1cc(N)c(OS(=O)(=O)c2ccc(C)cc2)nn1. The summed E-state index contributed by atoms with van der Waals surface area (Å²) in [5.74, 6) is -0.117. The maximum atomic E-state index is 12.0. The van der Waals surface area contributed by atoms with Crippen molar-refractivity contribution in [1.82, 2.24) is 10.2 Å². The molecule has 0 bridgehead atoms. The number of methoxy groups -OCH3 is 1. The van der Waals surface area contributed by atoms with E-state index in [0.717, 1.165) is 5.56 Å². The number of hydrogen-bond donors (Lipinski definition) is 1. The van der Waals surface area contributed by atoms with Gasteiger partial charge in [-0.15, -0.1) is 10.2 Å². The summed E-state index contributed by atoms with van der Waals surface area (Å²) in [5.41, 5.74) is 6.59. The minimum atomic E-state index is -4.00. The van der Waals surface area contributed by atoms with Crippen LogP contribution in [0, 0.1) is 6.92 Å². The van der Waals surface area contributed by atoms with Gasteiger partial charge in [-0.05, 0) is 19.1 Å². The molecule has 2 aromatic rings. The van der Waals surface area contributed by atoms with Crippen LogP contribution in [-0.2, 0) is 10.1 Å². The topological polar surface area (TPSA) is 104 Å². The Labute approximate surface area is 116 Å². The van der Waals surface area contributed by atoms with Gasteiger partial charge in [0, 0.05) is 6.07 Å². The molecule has 0 radical (unpaired) electrons. The number of ether oxygens (including phenoxy) is 1. The van der Waals surface area contributed by atoms with Crippen LogP contribution in [0.5, 0.6) is 11.8 Å². The Balaban J connectivity index is 2.31. The first kappa shape index (κ1) is 14.1. The molecular weight excluding hydrogens is 282 g/mol. The maximum absolute atomic E-state index is 12.0. The molecule has 0 amide bonds. The highest BCUT2D eigenvalue weighted by Gasteiger charge is 2.19. The van der Waals surface area contributed by atoms with Crippen LogP contribution in [0.15, 0.2) is 35.2 Å². The molecule has 0 spiro atoms. The number of nitrogens with two attached hydrogens (primary N) is 1. The summed E-state index contributed by atoms with van der Waals surface area (Å²) < 4.78 is 33.8. The van der Waals surface area contributed by atoms with Crippen LogP contribution in [0.25, 0.3) is 0 Å². The van der Waals surface area contributed by atoms with Crippen molar-refractivity contribution in [2.75, 3.05) is 12.8 Å². The molecule has 0 saturated heterocycles. The minimum Gasteiger partial charge on any atom is -0.480 e. The van der Waals surface area contributed by atoms with Crippen LogP contribution < -0.4 is 14.7 Å². The van der Waals surface area contributed by atoms with Gasteiger partial charge in [0.25, 0.3) is 5.88 Å². The van der Waals surface area contributed by atoms with Crippen LogP contribution in [0.3, 0.4) is 0 Å². The molecule has 106 valence electrons. The lowest BCUT2D eigenvalue weighted by molar-refractivity contribution is 0.387. The summed E-state index contributed by atoms with van der Waals surface area (Å²) in [4.78, 5) is 0.0140. The van der Waals surface area contributed by atoms with Crippen LogP contribution in [-0.4, -0.2) is 25.7 Å². The predicted octanol–water partition coefficient (Wildman–Crippen LogP) is 1.14. The molecule has 1 aromatic heterocycles. The smallest absolute Gasteiger partial charge is 0.340 e. The zero-order valence-corrected chi connectivity index (χ0v) is 11.7. The summed E-state index contributed by atoms with van der Waals surface area (Å²) in [7, 11) is -2.60. The van der Waals surface area contributed by atoms with E-state index in [1.165, 1.54) is 25.3 Å². The van der Waals surface area contributed by atoms with Gasteiger partial charge in [-0.2, -0.15) is 8.42 Å². The van der Waals surface area contributed by atoms with Crippen molar-refractivity contribution in [3.05, 3.63) is 35.9 Å². The van der Waals surface area contributed by atoms with E-state index in [1.807, 2.05) is 6.92 Å². The van der Waals surface area contributed by atoms with Crippen LogP contribution in [0.4, 0.5) is 5.69 Å². The van der Waals surface area contributed by atoms with Gasteiger partial charge in [0.15, 0.2) is 0 Å². The standard InChI is InChI=1S/C12H13N3O4S/c1-8-3-5-9(6-4-8)20(16,17)19-12-10(13)7-11(18-2)14-15-12/h3-7H,1-2H3,(H2,13,14). The second-order valence-electron chi connectivity index (χ2n) is 4.00. The number of hydrogen-bond acceptors (Lipinski definition) is 7. The van der Waals surface area contributed by atoms with E-state index in [4.69, 9.17) is 14.7 Å². The summed E-state index contributed by atoms with van der Waals surface area (Å²) >= 11 is 0. The number of rotatable bonds is 4. The van der Waals surface area contributed by atoms with Gasteiger partial charge >= 0.3 is 10.1 Å². The molecule has 0 aliphatic carbocycles. The first-order chi connectivity index (χ1) is 9.42. The van der Waals surface area contributed by atoms with Gasteiger partial charge in [-0.3, -0.25) is 0 Å². The van der Waals surface area contributed by atoms with E-state index >= 15 is 0 Å². The van der Waals surface area contributed by atoms with E-state index in [2.05, 4.69) is 10.2 Å². The van der Waals surface area contributed by atoms with Crippen molar-refractivity contribution < 1.29 is 17.3 Å². The quantitative estimate of drug-likeness (QED) is 0.843. The lowest BCUT2D eigenvalue weighted by Crippen LogP contribution is -2.12. The Morgan fingerprint density at radius 2 is 1.80 bits per heavy atom. The molecule has 20 heavy (non-hydrogen) atoms. The number of benzene rings is 1. The number of nitrogens with zero attached hydrogens (tertiary/aromatic N) is 2. The Hall–Kier alpha value is -2.35. The highest BCUT2D eigenvalue weighted by atomic mass is 32.2. The average Bonchev–Trinajstić information content (AvgIpc) is 2.41. The summed E-state index contributed by atoms with van der Waals surface area (Å²) in [6.45, 7) is 1.85. The Morgan fingerprint density at radius 1 is 1.15 bits per heavy atom. The number of anilines is 1. The molecule has 2 rings (SSSR count). The lowest BCUT2D eigenvalue weighted by Gasteiger charge is -2.08. The van der Waals surface area contributed by atoms with Gasteiger partial charge < -0.3 is 14.7 Å². The molecule has 0 aliphatic rings. The second-order valence-corrected chi connectivity index (χ2v) is 5.54.